The van der Waals surface area contributed by atoms with Crippen LogP contribution in [0.25, 0.3) is 0 Å². The van der Waals surface area contributed by atoms with Crippen molar-refractivity contribution in [2.75, 3.05) is 13.4 Å². The molecule has 0 spiro atoms. The van der Waals surface area contributed by atoms with Gasteiger partial charge in [-0.3, -0.25) is 33.7 Å². The normalized spacial score (nSPS) is 20.0. The molecule has 0 aromatic rings. The van der Waals surface area contributed by atoms with E-state index < -0.39 is 70.6 Å². The summed E-state index contributed by atoms with van der Waals surface area (Å²) in [7, 11) is 0. The second-order valence-electron chi connectivity index (χ2n) is 7.67. The number of ether oxygens (including phenoxy) is 4. The summed E-state index contributed by atoms with van der Waals surface area (Å²) < 4.78 is 19.0. The third-order valence-electron chi connectivity index (χ3n) is 4.09. The van der Waals surface area contributed by atoms with Gasteiger partial charge < -0.3 is 18.9 Å². The maximum absolute atomic E-state index is 12.7. The van der Waals surface area contributed by atoms with Gasteiger partial charge in [-0.15, -0.1) is 0 Å². The van der Waals surface area contributed by atoms with E-state index in [1.807, 2.05) is 0 Å². The molecular weight excluding hydrogens is 450 g/mol. The lowest BCUT2D eigenvalue weighted by atomic mass is 9.88. The summed E-state index contributed by atoms with van der Waals surface area (Å²) in [6, 6.07) is 0. The highest BCUT2D eigenvalue weighted by atomic mass is 32.2. The third-order valence-corrected chi connectivity index (χ3v) is 5.28. The molecule has 32 heavy (non-hydrogen) atoms. The number of thioether (sulfide) groups is 1. The predicted molar refractivity (Wildman–Crippen MR) is 106 cm³/mol. The minimum atomic E-state index is -1.88. The van der Waals surface area contributed by atoms with Gasteiger partial charge in [-0.2, -0.15) is 0 Å². The van der Waals surface area contributed by atoms with Crippen molar-refractivity contribution >= 4 is 52.6 Å². The Hall–Kier alpha value is -2.96. The topological polar surface area (TPSA) is 160 Å². The van der Waals surface area contributed by atoms with Crippen molar-refractivity contribution in [3.05, 3.63) is 0 Å². The Labute approximate surface area is 188 Å². The van der Waals surface area contributed by atoms with Gasteiger partial charge in [-0.25, -0.2) is 4.79 Å². The molecule has 1 fully saturated rings. The van der Waals surface area contributed by atoms with Crippen LogP contribution in [0, 0.1) is 5.41 Å². The van der Waals surface area contributed by atoms with E-state index in [2.05, 4.69) is 9.47 Å². The zero-order valence-electron chi connectivity index (χ0n) is 18.5. The Balaban J connectivity index is 2.97. The van der Waals surface area contributed by atoms with E-state index in [0.717, 1.165) is 13.8 Å². The van der Waals surface area contributed by atoms with Gasteiger partial charge in [0.05, 0.1) is 5.41 Å². The molecule has 0 aliphatic carbocycles. The van der Waals surface area contributed by atoms with Gasteiger partial charge in [0.25, 0.3) is 5.91 Å². The number of carbonyl (C=O) groups excluding carboxylic acids is 7. The first-order chi connectivity index (χ1) is 14.7. The van der Waals surface area contributed by atoms with Crippen LogP contribution in [0.1, 0.15) is 48.0 Å². The average molecular weight is 475 g/mol. The van der Waals surface area contributed by atoms with Gasteiger partial charge in [0.15, 0.2) is 6.61 Å². The summed E-state index contributed by atoms with van der Waals surface area (Å²) >= 11 is 0.389. The smallest absolute Gasteiger partial charge is 0.400 e. The SMILES string of the molecule is CC[C@@]1(OC(C)=O)C(=O)N(C(=O)C(=O)OCOC(=O)C(C)(C)C)[C@@H]1SC(=O)COC(C)=O. The molecule has 1 rings (SSSR count). The summed E-state index contributed by atoms with van der Waals surface area (Å²) in [4.78, 5) is 84.0. The number of hydrogen-bond acceptors (Lipinski definition) is 12. The third kappa shape index (κ3) is 6.28. The zero-order valence-corrected chi connectivity index (χ0v) is 19.4. The maximum atomic E-state index is 12.7. The van der Waals surface area contributed by atoms with Crippen LogP contribution < -0.4 is 0 Å². The summed E-state index contributed by atoms with van der Waals surface area (Å²) in [6.45, 7) is 6.76. The minimum Gasteiger partial charge on any atom is -0.457 e. The fourth-order valence-corrected chi connectivity index (χ4v) is 3.66. The number of rotatable bonds is 7. The largest absolute Gasteiger partial charge is 0.457 e. The molecule has 0 bridgehead atoms. The van der Waals surface area contributed by atoms with Gasteiger partial charge in [-0.05, 0) is 27.2 Å². The summed E-state index contributed by atoms with van der Waals surface area (Å²) in [6.07, 6.45) is -0.105. The monoisotopic (exact) mass is 475 g/mol. The first-order valence-electron chi connectivity index (χ1n) is 9.41. The number of esters is 4. The van der Waals surface area contributed by atoms with Crippen molar-refractivity contribution in [1.82, 2.24) is 4.90 Å². The summed E-state index contributed by atoms with van der Waals surface area (Å²) in [5.74, 6) is -6.26. The standard InChI is InChI=1S/C19H25NO11S/c1-7-19(31-11(3)22)15(26)20(16(19)32-12(23)8-28-10(2)21)13(24)14(25)29-9-30-17(27)18(4,5)6/h16H,7-9H2,1-6H3/t16-,19-/m1/s1. The molecule has 1 aliphatic heterocycles. The van der Waals surface area contributed by atoms with E-state index in [4.69, 9.17) is 9.47 Å². The zero-order chi connectivity index (χ0) is 24.9. The van der Waals surface area contributed by atoms with E-state index >= 15 is 0 Å². The van der Waals surface area contributed by atoms with Crippen LogP contribution in [0.4, 0.5) is 0 Å². The molecule has 13 heteroatoms. The van der Waals surface area contributed by atoms with Gasteiger partial charge in [0, 0.05) is 13.8 Å². The van der Waals surface area contributed by atoms with Crippen molar-refractivity contribution < 1.29 is 52.5 Å². The van der Waals surface area contributed by atoms with Crippen LogP contribution in [-0.4, -0.2) is 70.1 Å². The highest BCUT2D eigenvalue weighted by Gasteiger charge is 2.67. The van der Waals surface area contributed by atoms with E-state index in [1.54, 1.807) is 20.8 Å². The molecule has 1 saturated heterocycles. The van der Waals surface area contributed by atoms with Gasteiger partial charge in [0.2, 0.25) is 17.5 Å². The lowest BCUT2D eigenvalue weighted by Gasteiger charge is -2.51. The van der Waals surface area contributed by atoms with Gasteiger partial charge in [-0.1, -0.05) is 18.7 Å². The molecule has 1 heterocycles. The summed E-state index contributed by atoms with van der Waals surface area (Å²) in [5, 5.41) is -2.16. The number of β-lactam (4-membered cyclic amide) rings is 1. The molecule has 0 aromatic carbocycles. The van der Waals surface area contributed by atoms with Gasteiger partial charge >= 0.3 is 29.8 Å². The van der Waals surface area contributed by atoms with Crippen LogP contribution >= 0.6 is 11.8 Å². The Morgan fingerprint density at radius 3 is 2.06 bits per heavy atom. The quantitative estimate of drug-likeness (QED) is 0.163. The fraction of sp³-hybridized carbons (Fsp3) is 0.632. The fourth-order valence-electron chi connectivity index (χ4n) is 2.49. The Kier molecular flexibility index (Phi) is 8.94. The van der Waals surface area contributed by atoms with Crippen LogP contribution in [0.15, 0.2) is 0 Å². The first kappa shape index (κ1) is 27.1. The highest BCUT2D eigenvalue weighted by Crippen LogP contribution is 2.44. The molecule has 2 amide bonds. The minimum absolute atomic E-state index is 0.105. The van der Waals surface area contributed by atoms with E-state index in [0.29, 0.717) is 16.7 Å². The first-order valence-corrected chi connectivity index (χ1v) is 10.3. The molecule has 0 saturated carbocycles. The molecule has 0 radical (unpaired) electrons. The van der Waals surface area contributed by atoms with Gasteiger partial charge in [0.1, 0.15) is 5.37 Å². The second kappa shape index (κ2) is 10.6. The number of likely N-dealkylation sites (tertiary alicyclic amines) is 1. The second-order valence-corrected chi connectivity index (χ2v) is 8.81. The Morgan fingerprint density at radius 1 is 1.00 bits per heavy atom. The van der Waals surface area contributed by atoms with Crippen LogP contribution in [0.5, 0.6) is 0 Å². The van der Waals surface area contributed by atoms with Crippen LogP contribution in [0.3, 0.4) is 0 Å². The van der Waals surface area contributed by atoms with E-state index in [9.17, 15) is 33.6 Å². The predicted octanol–water partition coefficient (Wildman–Crippen LogP) is 0.306. The van der Waals surface area contributed by atoms with Crippen molar-refractivity contribution in [3.8, 4) is 0 Å². The van der Waals surface area contributed by atoms with E-state index in [1.165, 1.54) is 6.92 Å². The molecule has 12 nitrogen and oxygen atoms in total. The number of nitrogens with zero attached hydrogens (tertiary/aromatic N) is 1. The molecule has 178 valence electrons. The Morgan fingerprint density at radius 2 is 1.59 bits per heavy atom. The molecule has 2 atom stereocenters. The lowest BCUT2D eigenvalue weighted by molar-refractivity contribution is -0.203. The van der Waals surface area contributed by atoms with Crippen LogP contribution in [-0.2, 0) is 52.5 Å². The van der Waals surface area contributed by atoms with Crippen molar-refractivity contribution in [3.63, 3.8) is 0 Å². The number of carbonyl (C=O) groups is 7. The molecule has 0 N–H and O–H groups in total. The number of imide groups is 1. The molecular formula is C19H25NO11S. The highest BCUT2D eigenvalue weighted by molar-refractivity contribution is 8.14. The van der Waals surface area contributed by atoms with Crippen molar-refractivity contribution in [2.45, 2.75) is 58.9 Å². The van der Waals surface area contributed by atoms with E-state index in [-0.39, 0.29) is 6.42 Å². The molecule has 0 unspecified atom stereocenters. The van der Waals surface area contributed by atoms with Crippen molar-refractivity contribution in [2.24, 2.45) is 5.41 Å². The molecule has 1 aliphatic rings. The summed E-state index contributed by atoms with van der Waals surface area (Å²) in [5.41, 5.74) is -2.75. The lowest BCUT2D eigenvalue weighted by Crippen LogP contribution is -2.76. The number of hydrogen-bond donors (Lipinski definition) is 0. The molecule has 0 aromatic heterocycles. The van der Waals surface area contributed by atoms with Crippen LogP contribution in [0.2, 0.25) is 0 Å². The maximum Gasteiger partial charge on any atom is 0.400 e. The average Bonchev–Trinajstić information content (AvgIpc) is 2.68. The Bertz CT molecular complexity index is 832. The number of amides is 2. The van der Waals surface area contributed by atoms with Crippen molar-refractivity contribution in [1.29, 1.82) is 0 Å².